The van der Waals surface area contributed by atoms with Crippen molar-refractivity contribution in [2.45, 2.75) is 91.3 Å². The van der Waals surface area contributed by atoms with Gasteiger partial charge in [-0.1, -0.05) is 73.0 Å². The molecule has 0 aliphatic carbocycles. The average Bonchev–Trinajstić information content (AvgIpc) is 2.57. The monoisotopic (exact) mass is 366 g/mol. The summed E-state index contributed by atoms with van der Waals surface area (Å²) in [6.07, 6.45) is 10.3. The Hall–Kier alpha value is -1.58. The molecule has 0 aliphatic heterocycles. The second kappa shape index (κ2) is 13.6. The Balaban J connectivity index is 4.97. The van der Waals surface area contributed by atoms with E-state index >= 15 is 0 Å². The van der Waals surface area contributed by atoms with Crippen LogP contribution in [0.1, 0.15) is 85.5 Å². The van der Waals surface area contributed by atoms with Crippen LogP contribution in [-0.4, -0.2) is 17.7 Å². The minimum Gasteiger partial charge on any atom is -0.419 e. The molecule has 0 atom stereocenters. The number of carbonyl (C=O) groups is 2. The highest BCUT2D eigenvalue weighted by molar-refractivity contribution is 5.83. The van der Waals surface area contributed by atoms with Gasteiger partial charge in [-0.2, -0.15) is 0 Å². The maximum absolute atomic E-state index is 11.9. The zero-order chi connectivity index (χ0) is 20.0. The van der Waals surface area contributed by atoms with Crippen molar-refractivity contribution < 1.29 is 19.1 Å². The molecule has 0 heterocycles. The van der Waals surface area contributed by atoms with E-state index in [0.29, 0.717) is 24.7 Å². The first-order valence-corrected chi connectivity index (χ1v) is 9.95. The van der Waals surface area contributed by atoms with Gasteiger partial charge in [-0.05, 0) is 24.7 Å². The lowest BCUT2D eigenvalue weighted by Crippen LogP contribution is -2.39. The van der Waals surface area contributed by atoms with Crippen LogP contribution in [-0.2, 0) is 19.1 Å². The highest BCUT2D eigenvalue weighted by Gasteiger charge is 2.36. The Labute approximate surface area is 160 Å². The normalized spacial score (nSPS) is 11.5. The van der Waals surface area contributed by atoms with Crippen LogP contribution in [0.25, 0.3) is 0 Å². The third kappa shape index (κ3) is 11.9. The number of esters is 2. The number of hydrogen-bond donors (Lipinski definition) is 0. The van der Waals surface area contributed by atoms with Crippen molar-refractivity contribution in [3.63, 3.8) is 0 Å². The SMILES string of the molecule is C=CC(=O)OC(CCCCCC(C)C)(CCCCC(C)C)OC(=O)C=C. The highest BCUT2D eigenvalue weighted by atomic mass is 16.7. The number of carbonyl (C=O) groups excluding carboxylic acids is 2. The summed E-state index contributed by atoms with van der Waals surface area (Å²) in [4.78, 5) is 23.7. The van der Waals surface area contributed by atoms with Crippen LogP contribution >= 0.6 is 0 Å². The molecule has 0 bridgehead atoms. The summed E-state index contributed by atoms with van der Waals surface area (Å²) in [5.41, 5.74) is 0. The lowest BCUT2D eigenvalue weighted by molar-refractivity contribution is -0.228. The van der Waals surface area contributed by atoms with Crippen molar-refractivity contribution in [1.82, 2.24) is 0 Å². The van der Waals surface area contributed by atoms with Gasteiger partial charge in [-0.25, -0.2) is 9.59 Å². The van der Waals surface area contributed by atoms with E-state index in [1.54, 1.807) is 0 Å². The molecule has 26 heavy (non-hydrogen) atoms. The van der Waals surface area contributed by atoms with E-state index in [9.17, 15) is 9.59 Å². The Morgan fingerprint density at radius 3 is 1.54 bits per heavy atom. The summed E-state index contributed by atoms with van der Waals surface area (Å²) in [5.74, 6) is -1.05. The Bertz CT molecular complexity index is 415. The maximum atomic E-state index is 11.9. The first-order chi connectivity index (χ1) is 12.2. The molecular weight excluding hydrogens is 328 g/mol. The van der Waals surface area contributed by atoms with Crippen LogP contribution in [0, 0.1) is 11.8 Å². The molecule has 4 heteroatoms. The van der Waals surface area contributed by atoms with Gasteiger partial charge < -0.3 is 9.47 Å². The van der Waals surface area contributed by atoms with Crippen LogP contribution in [0.4, 0.5) is 0 Å². The smallest absolute Gasteiger partial charge is 0.333 e. The summed E-state index contributed by atoms with van der Waals surface area (Å²) in [6, 6.07) is 0. The standard InChI is InChI=1S/C22H38O4/c1-7-20(23)25-22(26-21(24)8-2,17-13-11-15-19(5)6)16-12-9-10-14-18(3)4/h7-8,18-19H,1-2,9-17H2,3-6H3. The number of ether oxygens (including phenoxy) is 2. The van der Waals surface area contributed by atoms with Crippen LogP contribution in [0.3, 0.4) is 0 Å². The molecule has 0 unspecified atom stereocenters. The quantitative estimate of drug-likeness (QED) is 0.155. The summed E-state index contributed by atoms with van der Waals surface area (Å²) in [5, 5.41) is 0. The van der Waals surface area contributed by atoms with Crippen LogP contribution in [0.15, 0.2) is 25.3 Å². The number of hydrogen-bond acceptors (Lipinski definition) is 4. The number of rotatable bonds is 15. The minimum absolute atomic E-state index is 0.503. The molecule has 4 nitrogen and oxygen atoms in total. The molecule has 0 amide bonds. The van der Waals surface area contributed by atoms with Gasteiger partial charge in [0.25, 0.3) is 5.79 Å². The van der Waals surface area contributed by atoms with Crippen LogP contribution < -0.4 is 0 Å². The van der Waals surface area contributed by atoms with Gasteiger partial charge in [-0.15, -0.1) is 0 Å². The first-order valence-electron chi connectivity index (χ1n) is 9.95. The van der Waals surface area contributed by atoms with E-state index in [1.807, 2.05) is 0 Å². The lowest BCUT2D eigenvalue weighted by atomic mass is 9.97. The minimum atomic E-state index is -1.22. The van der Waals surface area contributed by atoms with Gasteiger partial charge in [0.1, 0.15) is 0 Å². The van der Waals surface area contributed by atoms with E-state index < -0.39 is 17.7 Å². The summed E-state index contributed by atoms with van der Waals surface area (Å²) < 4.78 is 11.1. The van der Waals surface area contributed by atoms with Crippen LogP contribution in [0.5, 0.6) is 0 Å². The van der Waals surface area contributed by atoms with Gasteiger partial charge in [0.05, 0.1) is 0 Å². The second-order valence-corrected chi connectivity index (χ2v) is 7.79. The van der Waals surface area contributed by atoms with Crippen molar-refractivity contribution in [2.24, 2.45) is 11.8 Å². The van der Waals surface area contributed by atoms with E-state index in [4.69, 9.17) is 9.47 Å². The fourth-order valence-electron chi connectivity index (χ4n) is 2.87. The summed E-state index contributed by atoms with van der Waals surface area (Å²) in [7, 11) is 0. The van der Waals surface area contributed by atoms with Gasteiger partial charge in [-0.3, -0.25) is 0 Å². The average molecular weight is 367 g/mol. The zero-order valence-corrected chi connectivity index (χ0v) is 17.2. The zero-order valence-electron chi connectivity index (χ0n) is 17.2. The Kier molecular flexibility index (Phi) is 12.8. The van der Waals surface area contributed by atoms with Gasteiger partial charge in [0.15, 0.2) is 0 Å². The second-order valence-electron chi connectivity index (χ2n) is 7.79. The topological polar surface area (TPSA) is 52.6 Å². The lowest BCUT2D eigenvalue weighted by Gasteiger charge is -2.32. The predicted molar refractivity (Wildman–Crippen MR) is 107 cm³/mol. The van der Waals surface area contributed by atoms with Gasteiger partial charge in [0, 0.05) is 25.0 Å². The van der Waals surface area contributed by atoms with Crippen molar-refractivity contribution in [2.75, 3.05) is 0 Å². The predicted octanol–water partition coefficient (Wildman–Crippen LogP) is 5.96. The first kappa shape index (κ1) is 24.4. The Morgan fingerprint density at radius 2 is 1.15 bits per heavy atom. The fourth-order valence-corrected chi connectivity index (χ4v) is 2.87. The Morgan fingerprint density at radius 1 is 0.769 bits per heavy atom. The third-order valence-corrected chi connectivity index (χ3v) is 4.33. The molecule has 0 aromatic carbocycles. The van der Waals surface area contributed by atoms with Crippen molar-refractivity contribution >= 4 is 11.9 Å². The van der Waals surface area contributed by atoms with Crippen molar-refractivity contribution in [1.29, 1.82) is 0 Å². The molecular formula is C22H38O4. The van der Waals surface area contributed by atoms with E-state index in [1.165, 1.54) is 6.42 Å². The van der Waals surface area contributed by atoms with Gasteiger partial charge in [0.2, 0.25) is 0 Å². The molecule has 0 aromatic rings. The highest BCUT2D eigenvalue weighted by Crippen LogP contribution is 2.30. The fraction of sp³-hybridized carbons (Fsp3) is 0.727. The molecule has 0 N–H and O–H groups in total. The molecule has 0 spiro atoms. The van der Waals surface area contributed by atoms with Crippen LogP contribution in [0.2, 0.25) is 0 Å². The molecule has 0 saturated carbocycles. The van der Waals surface area contributed by atoms with E-state index in [-0.39, 0.29) is 0 Å². The molecule has 0 radical (unpaired) electrons. The maximum Gasteiger partial charge on any atom is 0.333 e. The molecule has 0 saturated heterocycles. The molecule has 0 aliphatic rings. The summed E-state index contributed by atoms with van der Waals surface area (Å²) >= 11 is 0. The largest absolute Gasteiger partial charge is 0.419 e. The van der Waals surface area contributed by atoms with Crippen molar-refractivity contribution in [3.05, 3.63) is 25.3 Å². The molecule has 0 rings (SSSR count). The number of unbranched alkanes of at least 4 members (excludes halogenated alkanes) is 3. The molecule has 0 fully saturated rings. The summed E-state index contributed by atoms with van der Waals surface area (Å²) in [6.45, 7) is 15.7. The molecule has 0 aromatic heterocycles. The van der Waals surface area contributed by atoms with Gasteiger partial charge >= 0.3 is 11.9 Å². The van der Waals surface area contributed by atoms with E-state index in [0.717, 1.165) is 50.7 Å². The van der Waals surface area contributed by atoms with E-state index in [2.05, 4.69) is 40.9 Å². The molecule has 150 valence electrons. The third-order valence-electron chi connectivity index (χ3n) is 4.33. The van der Waals surface area contributed by atoms with Crippen molar-refractivity contribution in [3.8, 4) is 0 Å².